The maximum atomic E-state index is 12.3. The average Bonchev–Trinajstić information content (AvgIpc) is 2.43. The van der Waals surface area contributed by atoms with E-state index in [4.69, 9.17) is 13.9 Å². The molecule has 5 nitrogen and oxygen atoms in total. The van der Waals surface area contributed by atoms with Crippen LogP contribution >= 0.6 is 0 Å². The summed E-state index contributed by atoms with van der Waals surface area (Å²) in [5, 5.41) is 11.4. The first-order chi connectivity index (χ1) is 10.0. The number of benzene rings is 2. The van der Waals surface area contributed by atoms with Crippen LogP contribution in [0, 0.1) is 6.92 Å². The lowest BCUT2D eigenvalue weighted by Gasteiger charge is -2.13. The zero-order valence-electron chi connectivity index (χ0n) is 11.9. The van der Waals surface area contributed by atoms with Crippen LogP contribution in [0.4, 0.5) is 0 Å². The maximum Gasteiger partial charge on any atom is 0.196 e. The van der Waals surface area contributed by atoms with Crippen molar-refractivity contribution < 1.29 is 19.0 Å². The Labute approximate surface area is 120 Å². The number of phenolic OH excluding ortho intramolecular Hbond substituents is 1. The second-order valence-corrected chi connectivity index (χ2v) is 4.75. The summed E-state index contributed by atoms with van der Waals surface area (Å²) in [6, 6.07) is 6.17. The lowest BCUT2D eigenvalue weighted by atomic mass is 10.0. The Balaban J connectivity index is 2.62. The number of ether oxygens (including phenoxy) is 2. The highest BCUT2D eigenvalue weighted by Crippen LogP contribution is 2.41. The maximum absolute atomic E-state index is 12.3. The molecule has 0 saturated carbocycles. The van der Waals surface area contributed by atoms with E-state index in [-0.39, 0.29) is 11.2 Å². The van der Waals surface area contributed by atoms with Crippen molar-refractivity contribution in [1.29, 1.82) is 0 Å². The monoisotopic (exact) mass is 286 g/mol. The van der Waals surface area contributed by atoms with Crippen LogP contribution in [-0.2, 0) is 0 Å². The third-order valence-corrected chi connectivity index (χ3v) is 3.38. The predicted molar refractivity (Wildman–Crippen MR) is 79.5 cm³/mol. The average molecular weight is 286 g/mol. The van der Waals surface area contributed by atoms with Crippen molar-refractivity contribution in [3.8, 4) is 17.2 Å². The number of rotatable bonds is 2. The minimum Gasteiger partial charge on any atom is -0.508 e. The van der Waals surface area contributed by atoms with Crippen LogP contribution in [0.5, 0.6) is 17.2 Å². The van der Waals surface area contributed by atoms with E-state index in [0.29, 0.717) is 39.0 Å². The number of fused-ring (bicyclic) bond motifs is 2. The van der Waals surface area contributed by atoms with Gasteiger partial charge in [-0.3, -0.25) is 4.79 Å². The SMILES string of the molecule is COc1cc(O)cc2cc3oc(C)cc(=O)c3c(OC)c12. The van der Waals surface area contributed by atoms with Crippen LogP contribution < -0.4 is 14.9 Å². The van der Waals surface area contributed by atoms with Gasteiger partial charge in [0.1, 0.15) is 34.0 Å². The van der Waals surface area contributed by atoms with Crippen molar-refractivity contribution in [1.82, 2.24) is 0 Å². The van der Waals surface area contributed by atoms with E-state index in [2.05, 4.69) is 0 Å². The van der Waals surface area contributed by atoms with Gasteiger partial charge in [-0.1, -0.05) is 0 Å². The molecular weight excluding hydrogens is 272 g/mol. The van der Waals surface area contributed by atoms with Gasteiger partial charge in [0.2, 0.25) is 0 Å². The molecule has 0 atom stereocenters. The van der Waals surface area contributed by atoms with Crippen molar-refractivity contribution in [3.63, 3.8) is 0 Å². The molecule has 3 rings (SSSR count). The van der Waals surface area contributed by atoms with Gasteiger partial charge in [0, 0.05) is 12.1 Å². The molecule has 1 heterocycles. The van der Waals surface area contributed by atoms with E-state index < -0.39 is 0 Å². The molecule has 3 aromatic rings. The topological polar surface area (TPSA) is 68.9 Å². The molecule has 0 spiro atoms. The lowest BCUT2D eigenvalue weighted by molar-refractivity contribution is 0.403. The molecule has 0 unspecified atom stereocenters. The van der Waals surface area contributed by atoms with Gasteiger partial charge in [0.15, 0.2) is 5.43 Å². The Morgan fingerprint density at radius 2 is 1.81 bits per heavy atom. The van der Waals surface area contributed by atoms with Crippen molar-refractivity contribution >= 4 is 21.7 Å². The Hall–Kier alpha value is -2.69. The molecule has 0 saturated heterocycles. The second-order valence-electron chi connectivity index (χ2n) is 4.75. The fourth-order valence-corrected chi connectivity index (χ4v) is 2.57. The van der Waals surface area contributed by atoms with Gasteiger partial charge >= 0.3 is 0 Å². The zero-order chi connectivity index (χ0) is 15.1. The molecule has 0 aliphatic carbocycles. The molecule has 0 radical (unpaired) electrons. The molecule has 0 fully saturated rings. The Morgan fingerprint density at radius 1 is 1.05 bits per heavy atom. The van der Waals surface area contributed by atoms with E-state index in [1.54, 1.807) is 19.1 Å². The number of hydrogen-bond donors (Lipinski definition) is 1. The van der Waals surface area contributed by atoms with Gasteiger partial charge in [-0.15, -0.1) is 0 Å². The van der Waals surface area contributed by atoms with Gasteiger partial charge in [0.05, 0.1) is 19.6 Å². The third kappa shape index (κ3) is 1.98. The first-order valence-corrected chi connectivity index (χ1v) is 6.37. The van der Waals surface area contributed by atoms with E-state index in [0.717, 1.165) is 0 Å². The zero-order valence-corrected chi connectivity index (χ0v) is 11.9. The summed E-state index contributed by atoms with van der Waals surface area (Å²) in [6.45, 7) is 1.71. The molecular formula is C16H14O5. The van der Waals surface area contributed by atoms with Crippen LogP contribution in [0.3, 0.4) is 0 Å². The number of hydrogen-bond acceptors (Lipinski definition) is 5. The van der Waals surface area contributed by atoms with Crippen LogP contribution in [-0.4, -0.2) is 19.3 Å². The van der Waals surface area contributed by atoms with Gasteiger partial charge < -0.3 is 19.0 Å². The summed E-state index contributed by atoms with van der Waals surface area (Å²) in [4.78, 5) is 12.3. The minimum atomic E-state index is -0.178. The van der Waals surface area contributed by atoms with Crippen molar-refractivity contribution in [2.75, 3.05) is 14.2 Å². The summed E-state index contributed by atoms with van der Waals surface area (Å²) < 4.78 is 16.3. The van der Waals surface area contributed by atoms with Crippen molar-refractivity contribution in [3.05, 3.63) is 40.2 Å². The molecule has 21 heavy (non-hydrogen) atoms. The molecule has 5 heteroatoms. The first kappa shape index (κ1) is 13.3. The highest BCUT2D eigenvalue weighted by molar-refractivity contribution is 6.06. The minimum absolute atomic E-state index is 0.0655. The molecule has 2 aromatic carbocycles. The van der Waals surface area contributed by atoms with Crippen LogP contribution in [0.2, 0.25) is 0 Å². The van der Waals surface area contributed by atoms with Crippen molar-refractivity contribution in [2.24, 2.45) is 0 Å². The Morgan fingerprint density at radius 3 is 2.48 bits per heavy atom. The Kier molecular flexibility index (Phi) is 2.97. The van der Waals surface area contributed by atoms with Crippen LogP contribution in [0.25, 0.3) is 21.7 Å². The molecule has 0 amide bonds. The van der Waals surface area contributed by atoms with E-state index >= 15 is 0 Å². The van der Waals surface area contributed by atoms with Gasteiger partial charge in [-0.05, 0) is 24.4 Å². The second kappa shape index (κ2) is 4.70. The number of aromatic hydroxyl groups is 1. The molecule has 1 aromatic heterocycles. The van der Waals surface area contributed by atoms with Gasteiger partial charge in [0.25, 0.3) is 0 Å². The summed E-state index contributed by atoms with van der Waals surface area (Å²) >= 11 is 0. The summed E-state index contributed by atoms with van der Waals surface area (Å²) in [5.41, 5.74) is 0.236. The molecule has 108 valence electrons. The van der Waals surface area contributed by atoms with E-state index in [1.807, 2.05) is 0 Å². The Bertz CT molecular complexity index is 908. The highest BCUT2D eigenvalue weighted by atomic mass is 16.5. The highest BCUT2D eigenvalue weighted by Gasteiger charge is 2.17. The summed E-state index contributed by atoms with van der Waals surface area (Å²) in [7, 11) is 2.98. The largest absolute Gasteiger partial charge is 0.508 e. The number of aryl methyl sites for hydroxylation is 1. The fraction of sp³-hybridized carbons (Fsp3) is 0.188. The number of methoxy groups -OCH3 is 2. The summed E-state index contributed by atoms with van der Waals surface area (Å²) in [6.07, 6.45) is 0. The third-order valence-electron chi connectivity index (χ3n) is 3.38. The summed E-state index contributed by atoms with van der Waals surface area (Å²) in [5.74, 6) is 1.40. The first-order valence-electron chi connectivity index (χ1n) is 6.37. The molecule has 0 aliphatic heterocycles. The normalized spacial score (nSPS) is 11.0. The van der Waals surface area contributed by atoms with Crippen molar-refractivity contribution in [2.45, 2.75) is 6.92 Å². The van der Waals surface area contributed by atoms with Gasteiger partial charge in [-0.25, -0.2) is 0 Å². The smallest absolute Gasteiger partial charge is 0.196 e. The fourth-order valence-electron chi connectivity index (χ4n) is 2.57. The molecule has 0 bridgehead atoms. The van der Waals surface area contributed by atoms with Crippen LogP contribution in [0.15, 0.2) is 33.5 Å². The van der Waals surface area contributed by atoms with E-state index in [1.165, 1.54) is 26.4 Å². The number of phenols is 1. The molecule has 0 aliphatic rings. The van der Waals surface area contributed by atoms with Crippen LogP contribution in [0.1, 0.15) is 5.76 Å². The van der Waals surface area contributed by atoms with Gasteiger partial charge in [-0.2, -0.15) is 0 Å². The molecule has 1 N–H and O–H groups in total. The lowest BCUT2D eigenvalue weighted by Crippen LogP contribution is -2.03. The standard InChI is InChI=1S/C16H14O5/c1-8-4-11(18)15-13(21-8)6-9-5-10(17)7-12(19-2)14(9)16(15)20-3/h4-7,17H,1-3H3. The van der Waals surface area contributed by atoms with E-state index in [9.17, 15) is 9.90 Å². The predicted octanol–water partition coefficient (Wildman–Crippen LogP) is 2.98. The quantitative estimate of drug-likeness (QED) is 0.733.